The van der Waals surface area contributed by atoms with Crippen molar-refractivity contribution in [3.8, 4) is 5.75 Å². The third-order valence-corrected chi connectivity index (χ3v) is 6.14. The molecule has 6 nitrogen and oxygen atoms in total. The van der Waals surface area contributed by atoms with E-state index in [0.717, 1.165) is 11.1 Å². The lowest BCUT2D eigenvalue weighted by Gasteiger charge is -2.08. The smallest absolute Gasteiger partial charge is 0.240 e. The monoisotopic (exact) mass is 551 g/mol. The highest BCUT2D eigenvalue weighted by atomic mass is 35.5. The molecule has 0 spiro atoms. The molecule has 3 rings (SSSR count). The highest BCUT2D eigenvalue weighted by Gasteiger charge is 2.07. The van der Waals surface area contributed by atoms with Gasteiger partial charge in [0.15, 0.2) is 0 Å². The predicted octanol–water partition coefficient (Wildman–Crippen LogP) is 7.14. The maximum atomic E-state index is 12.0. The Morgan fingerprint density at radius 3 is 2.29 bits per heavy atom. The molecule has 0 saturated carbocycles. The number of ether oxygens (including phenoxy) is 1. The second kappa shape index (κ2) is 13.4. The van der Waals surface area contributed by atoms with E-state index < -0.39 is 0 Å². The van der Waals surface area contributed by atoms with Gasteiger partial charge in [0.25, 0.3) is 0 Å². The number of hydrazone groups is 1. The normalized spacial score (nSPS) is 10.9. The Hall–Kier alpha value is -2.77. The molecule has 0 atom stereocenters. The summed E-state index contributed by atoms with van der Waals surface area (Å²) < 4.78 is 5.78. The number of benzene rings is 3. The third kappa shape index (κ3) is 9.07. The fraction of sp³-hybridized carbons (Fsp3) is 0.160. The zero-order chi connectivity index (χ0) is 25.2. The van der Waals surface area contributed by atoms with Crippen molar-refractivity contribution in [3.63, 3.8) is 0 Å². The molecule has 10 heteroatoms. The first kappa shape index (κ1) is 26.8. The first-order valence-electron chi connectivity index (χ1n) is 10.5. The number of nitrogens with zero attached hydrogens (tertiary/aromatic N) is 1. The van der Waals surface area contributed by atoms with Crippen molar-refractivity contribution in [2.75, 3.05) is 5.32 Å². The van der Waals surface area contributed by atoms with Crippen LogP contribution in [0.3, 0.4) is 0 Å². The molecule has 182 valence electrons. The van der Waals surface area contributed by atoms with Crippen molar-refractivity contribution in [2.24, 2.45) is 5.10 Å². The van der Waals surface area contributed by atoms with Crippen LogP contribution in [-0.2, 0) is 16.2 Å². The molecule has 0 radical (unpaired) electrons. The fourth-order valence-electron chi connectivity index (χ4n) is 2.92. The van der Waals surface area contributed by atoms with Crippen molar-refractivity contribution in [1.29, 1.82) is 0 Å². The van der Waals surface area contributed by atoms with Gasteiger partial charge in [0, 0.05) is 18.5 Å². The molecule has 0 fully saturated rings. The van der Waals surface area contributed by atoms with Crippen LogP contribution in [0.15, 0.2) is 65.8 Å². The summed E-state index contributed by atoms with van der Waals surface area (Å²) in [5, 5.41) is 8.39. The Morgan fingerprint density at radius 1 is 0.829 bits per heavy atom. The number of halogens is 4. The van der Waals surface area contributed by atoms with E-state index in [9.17, 15) is 9.59 Å². The molecule has 35 heavy (non-hydrogen) atoms. The van der Waals surface area contributed by atoms with Gasteiger partial charge in [-0.05, 0) is 60.0 Å². The van der Waals surface area contributed by atoms with Gasteiger partial charge in [-0.1, -0.05) is 64.6 Å². The van der Waals surface area contributed by atoms with E-state index in [0.29, 0.717) is 44.6 Å². The number of nitrogens with one attached hydrogen (secondary N) is 2. The highest BCUT2D eigenvalue weighted by Crippen LogP contribution is 2.25. The molecule has 0 heterocycles. The van der Waals surface area contributed by atoms with E-state index >= 15 is 0 Å². The number of rotatable bonds is 10. The highest BCUT2D eigenvalue weighted by molar-refractivity contribution is 6.42. The molecule has 0 aromatic heterocycles. The average Bonchev–Trinajstić information content (AvgIpc) is 2.82. The van der Waals surface area contributed by atoms with Gasteiger partial charge in [-0.15, -0.1) is 0 Å². The number of carbonyl (C=O) groups is 2. The van der Waals surface area contributed by atoms with Crippen molar-refractivity contribution < 1.29 is 14.3 Å². The van der Waals surface area contributed by atoms with Crippen LogP contribution in [-0.4, -0.2) is 18.0 Å². The molecule has 0 bridgehead atoms. The lowest BCUT2D eigenvalue weighted by Crippen LogP contribution is -2.18. The summed E-state index contributed by atoms with van der Waals surface area (Å²) in [4.78, 5) is 24.0. The van der Waals surface area contributed by atoms with E-state index in [-0.39, 0.29) is 24.7 Å². The third-order valence-electron chi connectivity index (χ3n) is 4.66. The molecular weight excluding hydrogens is 532 g/mol. The van der Waals surface area contributed by atoms with Crippen LogP contribution in [0.4, 0.5) is 5.69 Å². The predicted molar refractivity (Wildman–Crippen MR) is 142 cm³/mol. The van der Waals surface area contributed by atoms with Gasteiger partial charge < -0.3 is 10.1 Å². The zero-order valence-electron chi connectivity index (χ0n) is 18.4. The number of hydrogen-bond donors (Lipinski definition) is 2. The number of anilines is 1. The standard InChI is InChI=1S/C25H21Cl4N3O3/c26-20-9-7-17(12-22(20)28)15-35-19-4-1-3-16(11-19)14-30-32-25(34)6-2-5-24(33)31-18-8-10-21(27)23(29)13-18/h1,3-4,7-14H,2,5-6,15H2,(H,31,33)(H,32,34)/b30-14-. The summed E-state index contributed by atoms with van der Waals surface area (Å²) in [5.41, 5.74) is 4.63. The summed E-state index contributed by atoms with van der Waals surface area (Å²) in [6, 6.07) is 17.4. The van der Waals surface area contributed by atoms with Crippen LogP contribution < -0.4 is 15.5 Å². The Morgan fingerprint density at radius 2 is 1.54 bits per heavy atom. The van der Waals surface area contributed by atoms with Gasteiger partial charge in [-0.25, -0.2) is 5.43 Å². The topological polar surface area (TPSA) is 79.8 Å². The van der Waals surface area contributed by atoms with Crippen LogP contribution in [0.25, 0.3) is 0 Å². The lowest BCUT2D eigenvalue weighted by molar-refractivity contribution is -0.121. The summed E-state index contributed by atoms with van der Waals surface area (Å²) in [5.74, 6) is 0.118. The van der Waals surface area contributed by atoms with E-state index in [2.05, 4.69) is 15.8 Å². The molecule has 0 unspecified atom stereocenters. The maximum absolute atomic E-state index is 12.0. The second-order valence-corrected chi connectivity index (χ2v) is 9.06. The largest absolute Gasteiger partial charge is 0.489 e. The Bertz CT molecular complexity index is 1230. The Kier molecular flexibility index (Phi) is 10.2. The fourth-order valence-corrected chi connectivity index (χ4v) is 3.54. The van der Waals surface area contributed by atoms with Gasteiger partial charge in [-0.2, -0.15) is 5.10 Å². The van der Waals surface area contributed by atoms with Crippen molar-refractivity contribution in [3.05, 3.63) is 91.9 Å². The summed E-state index contributed by atoms with van der Waals surface area (Å²) in [6.45, 7) is 0.326. The van der Waals surface area contributed by atoms with E-state index in [1.54, 1.807) is 36.4 Å². The van der Waals surface area contributed by atoms with Gasteiger partial charge in [-0.3, -0.25) is 9.59 Å². The molecule has 0 aliphatic heterocycles. The Labute approximate surface area is 223 Å². The average molecular weight is 553 g/mol. The summed E-state index contributed by atoms with van der Waals surface area (Å²) in [7, 11) is 0. The Balaban J connectivity index is 1.39. The summed E-state index contributed by atoms with van der Waals surface area (Å²) in [6.07, 6.45) is 2.21. The van der Waals surface area contributed by atoms with Crippen LogP contribution in [0, 0.1) is 0 Å². The molecule has 3 aromatic rings. The number of carbonyl (C=O) groups excluding carboxylic acids is 2. The van der Waals surface area contributed by atoms with E-state index in [1.807, 2.05) is 24.3 Å². The lowest BCUT2D eigenvalue weighted by atomic mass is 10.2. The van der Waals surface area contributed by atoms with Crippen LogP contribution in [0.5, 0.6) is 5.75 Å². The van der Waals surface area contributed by atoms with Gasteiger partial charge in [0.05, 0.1) is 26.3 Å². The van der Waals surface area contributed by atoms with Crippen molar-refractivity contribution in [2.45, 2.75) is 25.9 Å². The SMILES string of the molecule is O=C(CCCC(=O)Nc1ccc(Cl)c(Cl)c1)N/N=C\c1cccc(OCc2ccc(Cl)c(Cl)c2)c1. The minimum atomic E-state index is -0.296. The maximum Gasteiger partial charge on any atom is 0.240 e. The van der Waals surface area contributed by atoms with E-state index in [4.69, 9.17) is 51.1 Å². The number of hydrogen-bond acceptors (Lipinski definition) is 4. The molecule has 0 aliphatic rings. The van der Waals surface area contributed by atoms with E-state index in [1.165, 1.54) is 6.21 Å². The molecule has 2 N–H and O–H groups in total. The van der Waals surface area contributed by atoms with Crippen molar-refractivity contribution in [1.82, 2.24) is 5.43 Å². The quantitative estimate of drug-likeness (QED) is 0.207. The first-order chi connectivity index (χ1) is 16.8. The molecule has 0 aliphatic carbocycles. The minimum absolute atomic E-state index is 0.152. The van der Waals surface area contributed by atoms with Crippen molar-refractivity contribution >= 4 is 70.1 Å². The van der Waals surface area contributed by atoms with Gasteiger partial charge in [0.2, 0.25) is 11.8 Å². The molecule has 0 saturated heterocycles. The zero-order valence-corrected chi connectivity index (χ0v) is 21.4. The van der Waals surface area contributed by atoms with Crippen LogP contribution in [0.1, 0.15) is 30.4 Å². The molecular formula is C25H21Cl4N3O3. The van der Waals surface area contributed by atoms with Crippen LogP contribution in [0.2, 0.25) is 20.1 Å². The first-order valence-corrected chi connectivity index (χ1v) is 12.0. The van der Waals surface area contributed by atoms with Crippen LogP contribution >= 0.6 is 46.4 Å². The van der Waals surface area contributed by atoms with Gasteiger partial charge in [0.1, 0.15) is 12.4 Å². The number of amides is 2. The van der Waals surface area contributed by atoms with Gasteiger partial charge >= 0.3 is 0 Å². The minimum Gasteiger partial charge on any atom is -0.489 e. The molecule has 2 amide bonds. The molecule has 3 aromatic carbocycles. The summed E-state index contributed by atoms with van der Waals surface area (Å²) >= 11 is 23.7. The second-order valence-electron chi connectivity index (χ2n) is 7.43.